The molecule has 0 spiro atoms. The molecule has 0 N–H and O–H groups in total. The van der Waals surface area contributed by atoms with Gasteiger partial charge in [-0.1, -0.05) is 11.6 Å². The SMILES string of the molecule is CCOC(=O)c1ccc(N2COc3ccc(Cl)cc3S2)c(F)c1. The second-order valence-electron chi connectivity index (χ2n) is 4.72. The number of anilines is 1. The monoisotopic (exact) mass is 353 g/mol. The molecule has 3 rings (SSSR count). The highest BCUT2D eigenvalue weighted by Gasteiger charge is 2.22. The second kappa shape index (κ2) is 6.68. The molecule has 0 unspecified atom stereocenters. The van der Waals surface area contributed by atoms with Crippen LogP contribution in [0.3, 0.4) is 0 Å². The van der Waals surface area contributed by atoms with Gasteiger partial charge in [0.15, 0.2) is 6.73 Å². The number of carbonyl (C=O) groups excluding carboxylic acids is 1. The van der Waals surface area contributed by atoms with Crippen LogP contribution in [-0.4, -0.2) is 19.3 Å². The van der Waals surface area contributed by atoms with Gasteiger partial charge in [0.05, 0.1) is 22.8 Å². The highest BCUT2D eigenvalue weighted by Crippen LogP contribution is 2.41. The van der Waals surface area contributed by atoms with Crippen molar-refractivity contribution in [1.29, 1.82) is 0 Å². The van der Waals surface area contributed by atoms with Crippen molar-refractivity contribution in [3.8, 4) is 5.75 Å². The molecule has 1 heterocycles. The molecule has 0 saturated heterocycles. The fraction of sp³-hybridized carbons (Fsp3) is 0.188. The summed E-state index contributed by atoms with van der Waals surface area (Å²) < 4.78 is 26.5. The minimum absolute atomic E-state index is 0.180. The summed E-state index contributed by atoms with van der Waals surface area (Å²) in [5, 5.41) is 0.583. The molecule has 0 aliphatic carbocycles. The van der Waals surface area contributed by atoms with Gasteiger partial charge in [0.1, 0.15) is 11.6 Å². The third kappa shape index (κ3) is 3.38. The van der Waals surface area contributed by atoms with E-state index in [1.54, 1.807) is 29.4 Å². The van der Waals surface area contributed by atoms with Crippen LogP contribution in [0.4, 0.5) is 10.1 Å². The number of rotatable bonds is 3. The summed E-state index contributed by atoms with van der Waals surface area (Å²) in [5.41, 5.74) is 0.508. The summed E-state index contributed by atoms with van der Waals surface area (Å²) in [7, 11) is 0. The first-order chi connectivity index (χ1) is 11.1. The topological polar surface area (TPSA) is 38.8 Å². The predicted octanol–water partition coefficient (Wildman–Crippen LogP) is 4.52. The first-order valence-electron chi connectivity index (χ1n) is 6.93. The molecule has 2 aromatic carbocycles. The summed E-state index contributed by atoms with van der Waals surface area (Å²) in [6, 6.07) is 9.52. The molecule has 4 nitrogen and oxygen atoms in total. The van der Waals surface area contributed by atoms with E-state index < -0.39 is 11.8 Å². The summed E-state index contributed by atoms with van der Waals surface area (Å²) in [6.07, 6.45) is 0. The Morgan fingerprint density at radius 1 is 1.39 bits per heavy atom. The molecule has 0 fully saturated rings. The largest absolute Gasteiger partial charge is 0.471 e. The summed E-state index contributed by atoms with van der Waals surface area (Å²) in [5.74, 6) is -0.353. The van der Waals surface area contributed by atoms with E-state index in [4.69, 9.17) is 21.1 Å². The molecule has 23 heavy (non-hydrogen) atoms. The Morgan fingerprint density at radius 2 is 2.22 bits per heavy atom. The summed E-state index contributed by atoms with van der Waals surface area (Å²) in [6.45, 7) is 2.14. The predicted molar refractivity (Wildman–Crippen MR) is 87.6 cm³/mol. The smallest absolute Gasteiger partial charge is 0.338 e. The van der Waals surface area contributed by atoms with Crippen molar-refractivity contribution in [1.82, 2.24) is 0 Å². The minimum Gasteiger partial charge on any atom is -0.471 e. The number of fused-ring (bicyclic) bond motifs is 1. The van der Waals surface area contributed by atoms with Crippen molar-refractivity contribution in [3.63, 3.8) is 0 Å². The zero-order chi connectivity index (χ0) is 16.4. The van der Waals surface area contributed by atoms with E-state index in [1.807, 2.05) is 0 Å². The number of nitrogens with zero attached hydrogens (tertiary/aromatic N) is 1. The Labute approximate surface area is 142 Å². The Balaban J connectivity index is 1.84. The van der Waals surface area contributed by atoms with Crippen LogP contribution in [-0.2, 0) is 4.74 Å². The van der Waals surface area contributed by atoms with Crippen molar-refractivity contribution in [2.75, 3.05) is 17.6 Å². The molecule has 1 aliphatic rings. The highest BCUT2D eigenvalue weighted by molar-refractivity contribution is 8.00. The number of carbonyl (C=O) groups is 1. The second-order valence-corrected chi connectivity index (χ2v) is 6.22. The number of esters is 1. The van der Waals surface area contributed by atoms with Crippen LogP contribution in [0.2, 0.25) is 5.02 Å². The van der Waals surface area contributed by atoms with Crippen LogP contribution in [0.5, 0.6) is 5.75 Å². The van der Waals surface area contributed by atoms with Gasteiger partial charge in [-0.25, -0.2) is 9.18 Å². The summed E-state index contributed by atoms with van der Waals surface area (Å²) in [4.78, 5) is 12.4. The fourth-order valence-corrected chi connectivity index (χ4v) is 3.34. The first-order valence-corrected chi connectivity index (χ1v) is 8.08. The molecule has 0 saturated carbocycles. The zero-order valence-corrected chi connectivity index (χ0v) is 13.8. The quantitative estimate of drug-likeness (QED) is 0.599. The van der Waals surface area contributed by atoms with Crippen LogP contribution < -0.4 is 9.04 Å². The average Bonchev–Trinajstić information content (AvgIpc) is 2.54. The van der Waals surface area contributed by atoms with Crippen molar-refractivity contribution >= 4 is 35.2 Å². The lowest BCUT2D eigenvalue weighted by molar-refractivity contribution is 0.0526. The Hall–Kier alpha value is -1.92. The Kier molecular flexibility index (Phi) is 4.63. The molecule has 2 aromatic rings. The van der Waals surface area contributed by atoms with Gasteiger partial charge < -0.3 is 9.47 Å². The number of hydrogen-bond acceptors (Lipinski definition) is 5. The third-order valence-corrected chi connectivity index (χ3v) is 4.45. The van der Waals surface area contributed by atoms with Crippen LogP contribution in [0.15, 0.2) is 41.3 Å². The number of hydrogen-bond donors (Lipinski definition) is 0. The van der Waals surface area contributed by atoms with Gasteiger partial charge in [0.25, 0.3) is 0 Å². The van der Waals surface area contributed by atoms with Crippen LogP contribution in [0.1, 0.15) is 17.3 Å². The van der Waals surface area contributed by atoms with Crippen LogP contribution >= 0.6 is 23.5 Å². The molecule has 0 amide bonds. The molecule has 0 radical (unpaired) electrons. The van der Waals surface area contributed by atoms with Gasteiger partial charge in [-0.05, 0) is 55.3 Å². The molecule has 0 aromatic heterocycles. The fourth-order valence-electron chi connectivity index (χ4n) is 2.12. The van der Waals surface area contributed by atoms with Crippen molar-refractivity contribution < 1.29 is 18.7 Å². The zero-order valence-electron chi connectivity index (χ0n) is 12.2. The van der Waals surface area contributed by atoms with E-state index in [1.165, 1.54) is 30.1 Å². The van der Waals surface area contributed by atoms with E-state index >= 15 is 0 Å². The van der Waals surface area contributed by atoms with E-state index in [0.29, 0.717) is 16.5 Å². The Morgan fingerprint density at radius 3 is 2.96 bits per heavy atom. The van der Waals surface area contributed by atoms with E-state index in [9.17, 15) is 9.18 Å². The normalized spacial score (nSPS) is 13.3. The Bertz CT molecular complexity index is 756. The maximum absolute atomic E-state index is 14.3. The standard InChI is InChI=1S/C16H13ClFNO3S/c1-2-21-16(20)10-3-5-13(12(18)7-10)19-9-22-14-6-4-11(17)8-15(14)23-19/h3-8H,2,9H2,1H3. The van der Waals surface area contributed by atoms with Gasteiger partial charge >= 0.3 is 5.97 Å². The molecule has 0 bridgehead atoms. The maximum Gasteiger partial charge on any atom is 0.338 e. The summed E-state index contributed by atoms with van der Waals surface area (Å²) >= 11 is 7.30. The van der Waals surface area contributed by atoms with Crippen molar-refractivity contribution in [3.05, 3.63) is 52.8 Å². The third-order valence-electron chi connectivity index (χ3n) is 3.18. The van der Waals surface area contributed by atoms with E-state index in [2.05, 4.69) is 0 Å². The van der Waals surface area contributed by atoms with Crippen molar-refractivity contribution in [2.45, 2.75) is 11.8 Å². The van der Waals surface area contributed by atoms with Gasteiger partial charge in [0, 0.05) is 5.02 Å². The molecule has 0 atom stereocenters. The highest BCUT2D eigenvalue weighted by atomic mass is 35.5. The lowest BCUT2D eigenvalue weighted by Crippen LogP contribution is -2.25. The van der Waals surface area contributed by atoms with Gasteiger partial charge in [-0.15, -0.1) is 0 Å². The molecule has 7 heteroatoms. The average molecular weight is 354 g/mol. The van der Waals surface area contributed by atoms with E-state index in [-0.39, 0.29) is 18.9 Å². The lowest BCUT2D eigenvalue weighted by Gasteiger charge is -2.29. The van der Waals surface area contributed by atoms with Crippen LogP contribution in [0.25, 0.3) is 0 Å². The van der Waals surface area contributed by atoms with Gasteiger partial charge in [-0.2, -0.15) is 0 Å². The number of benzene rings is 2. The minimum atomic E-state index is -0.544. The lowest BCUT2D eigenvalue weighted by atomic mass is 10.2. The first kappa shape index (κ1) is 16.0. The van der Waals surface area contributed by atoms with Crippen molar-refractivity contribution in [2.24, 2.45) is 0 Å². The molecular weight excluding hydrogens is 341 g/mol. The van der Waals surface area contributed by atoms with Crippen LogP contribution in [0, 0.1) is 5.82 Å². The molecule has 1 aliphatic heterocycles. The molecular formula is C16H13ClFNO3S. The van der Waals surface area contributed by atoms with E-state index in [0.717, 1.165) is 4.90 Å². The van der Waals surface area contributed by atoms with Gasteiger partial charge in [0.2, 0.25) is 0 Å². The number of halogens is 2. The molecule has 120 valence electrons. The maximum atomic E-state index is 14.3. The van der Waals surface area contributed by atoms with Gasteiger partial charge in [-0.3, -0.25) is 4.31 Å². The number of ether oxygens (including phenoxy) is 2.